The van der Waals surface area contributed by atoms with Gasteiger partial charge < -0.3 is 26.2 Å². The maximum absolute atomic E-state index is 12.9. The van der Waals surface area contributed by atoms with Gasteiger partial charge in [0.25, 0.3) is 0 Å². The molecule has 8 nitrogen and oxygen atoms in total. The Labute approximate surface area is 206 Å². The van der Waals surface area contributed by atoms with E-state index in [1.165, 1.54) is 12.8 Å². The number of unbranched alkanes of at least 4 members (excludes halogenated alkanes) is 1. The maximum atomic E-state index is 12.9. The van der Waals surface area contributed by atoms with Crippen LogP contribution in [0.4, 0.5) is 16.2 Å². The van der Waals surface area contributed by atoms with Gasteiger partial charge in [0.05, 0.1) is 12.1 Å². The molecule has 4 N–H and O–H groups in total. The number of fused-ring (bicyclic) bond motifs is 1. The first kappa shape index (κ1) is 24.7. The number of urea groups is 1. The quantitative estimate of drug-likeness (QED) is 0.284. The van der Waals surface area contributed by atoms with Gasteiger partial charge in [0.15, 0.2) is 0 Å². The van der Waals surface area contributed by atoms with Gasteiger partial charge in [-0.05, 0) is 50.3 Å². The topological polar surface area (TPSA) is 103 Å². The van der Waals surface area contributed by atoms with E-state index < -0.39 is 6.04 Å². The minimum Gasteiger partial charge on any atom is -0.371 e. The summed E-state index contributed by atoms with van der Waals surface area (Å²) in [6.45, 7) is 4.12. The molecule has 1 aromatic carbocycles. The van der Waals surface area contributed by atoms with Gasteiger partial charge in [-0.15, -0.1) is 0 Å². The molecule has 0 saturated carbocycles. The number of thioether (sulfide) groups is 1. The molecule has 1 unspecified atom stereocenters. The highest BCUT2D eigenvalue weighted by molar-refractivity contribution is 8.00. The Morgan fingerprint density at radius 2 is 2.03 bits per heavy atom. The second-order valence-electron chi connectivity index (χ2n) is 9.51. The number of carbonyl (C=O) groups excluding carboxylic acids is 3. The van der Waals surface area contributed by atoms with Gasteiger partial charge in [0.2, 0.25) is 11.8 Å². The van der Waals surface area contributed by atoms with Crippen LogP contribution in [0.5, 0.6) is 0 Å². The predicted molar refractivity (Wildman–Crippen MR) is 137 cm³/mol. The molecule has 4 atom stereocenters. The molecule has 3 saturated heterocycles. The van der Waals surface area contributed by atoms with Crippen LogP contribution in [0.3, 0.4) is 0 Å². The lowest BCUT2D eigenvalue weighted by Gasteiger charge is -2.20. The van der Waals surface area contributed by atoms with Crippen molar-refractivity contribution in [3.05, 3.63) is 24.3 Å². The van der Waals surface area contributed by atoms with Crippen LogP contribution in [0.1, 0.15) is 58.3 Å². The third-order valence-corrected chi connectivity index (χ3v) is 8.40. The minimum absolute atomic E-state index is 0.0670. The van der Waals surface area contributed by atoms with Crippen molar-refractivity contribution in [3.63, 3.8) is 0 Å². The number of nitrogens with zero attached hydrogens (tertiary/aromatic N) is 1. The standard InChI is InChI=1S/C25H37N5O3S/c1-2-8-19(24(32)26-17-9-7-10-18(15-17)30-13-5-6-14-30)27-22(31)12-4-3-11-21-23-20(16-34-21)28-25(33)29-23/h7,9-10,15,19-21,23H,2-6,8,11-14,16H2,1H3,(H,26,32)(H,27,31)(H2,28,29,33)/t19?,20-,21-,23-/m0/s1. The molecule has 3 aliphatic rings. The number of hydrogen-bond donors (Lipinski definition) is 4. The van der Waals surface area contributed by atoms with E-state index in [2.05, 4.69) is 32.2 Å². The molecule has 34 heavy (non-hydrogen) atoms. The smallest absolute Gasteiger partial charge is 0.315 e. The molecule has 0 bridgehead atoms. The lowest BCUT2D eigenvalue weighted by Crippen LogP contribution is -2.43. The number of nitrogens with one attached hydrogen (secondary N) is 4. The minimum atomic E-state index is -0.529. The zero-order chi connectivity index (χ0) is 23.9. The van der Waals surface area contributed by atoms with Crippen molar-refractivity contribution in [2.45, 2.75) is 81.7 Å². The van der Waals surface area contributed by atoms with Gasteiger partial charge in [-0.25, -0.2) is 4.79 Å². The highest BCUT2D eigenvalue weighted by Gasteiger charge is 2.42. The van der Waals surface area contributed by atoms with Gasteiger partial charge in [0, 0.05) is 41.9 Å². The Morgan fingerprint density at radius 3 is 2.82 bits per heavy atom. The van der Waals surface area contributed by atoms with Crippen molar-refractivity contribution in [2.75, 3.05) is 29.1 Å². The van der Waals surface area contributed by atoms with Gasteiger partial charge in [-0.1, -0.05) is 25.8 Å². The lowest BCUT2D eigenvalue weighted by molar-refractivity contribution is -0.126. The summed E-state index contributed by atoms with van der Waals surface area (Å²) in [6, 6.07) is 7.80. The molecule has 0 aromatic heterocycles. The van der Waals surface area contributed by atoms with Crippen LogP contribution in [-0.2, 0) is 9.59 Å². The normalized spacial score (nSPS) is 24.3. The molecular weight excluding hydrogens is 450 g/mol. The van der Waals surface area contributed by atoms with Crippen molar-refractivity contribution in [1.29, 1.82) is 0 Å². The fourth-order valence-electron chi connectivity index (χ4n) is 5.08. The third-order valence-electron chi connectivity index (χ3n) is 6.89. The van der Waals surface area contributed by atoms with Gasteiger partial charge in [-0.2, -0.15) is 11.8 Å². The van der Waals surface area contributed by atoms with E-state index >= 15 is 0 Å². The summed E-state index contributed by atoms with van der Waals surface area (Å²) in [5.41, 5.74) is 1.90. The zero-order valence-electron chi connectivity index (χ0n) is 20.0. The average molecular weight is 488 g/mol. The van der Waals surface area contributed by atoms with E-state index in [9.17, 15) is 14.4 Å². The summed E-state index contributed by atoms with van der Waals surface area (Å²) < 4.78 is 0. The first-order chi connectivity index (χ1) is 16.5. The van der Waals surface area contributed by atoms with E-state index in [1.54, 1.807) is 0 Å². The average Bonchev–Trinajstić information content (AvgIpc) is 3.55. The first-order valence-electron chi connectivity index (χ1n) is 12.7. The van der Waals surface area contributed by atoms with Gasteiger partial charge >= 0.3 is 6.03 Å². The number of benzene rings is 1. The Kier molecular flexibility index (Phi) is 8.59. The molecule has 0 spiro atoms. The van der Waals surface area contributed by atoms with Crippen LogP contribution >= 0.6 is 11.8 Å². The Bertz CT molecular complexity index is 876. The maximum Gasteiger partial charge on any atom is 0.315 e. The van der Waals surface area contributed by atoms with Gasteiger partial charge in [-0.3, -0.25) is 9.59 Å². The van der Waals surface area contributed by atoms with E-state index in [0.717, 1.165) is 55.9 Å². The third kappa shape index (κ3) is 6.37. The Morgan fingerprint density at radius 1 is 1.21 bits per heavy atom. The van der Waals surface area contributed by atoms with Crippen LogP contribution in [0.15, 0.2) is 24.3 Å². The van der Waals surface area contributed by atoms with Crippen molar-refractivity contribution >= 4 is 41.0 Å². The Hall–Kier alpha value is -2.42. The molecule has 3 heterocycles. The Balaban J connectivity index is 1.20. The SMILES string of the molecule is CCCC(NC(=O)CCCC[C@@H]1SC[C@@H]2NC(=O)N[C@@H]21)C(=O)Nc1cccc(N2CCCC2)c1. The number of hydrogen-bond acceptors (Lipinski definition) is 5. The second-order valence-corrected chi connectivity index (χ2v) is 10.8. The molecule has 0 radical (unpaired) electrons. The molecule has 3 fully saturated rings. The molecule has 1 aromatic rings. The highest BCUT2D eigenvalue weighted by Crippen LogP contribution is 2.33. The lowest BCUT2D eigenvalue weighted by atomic mass is 10.0. The fourth-order valence-corrected chi connectivity index (χ4v) is 6.63. The molecule has 4 rings (SSSR count). The first-order valence-corrected chi connectivity index (χ1v) is 13.7. The second kappa shape index (κ2) is 11.8. The van der Waals surface area contributed by atoms with Gasteiger partial charge in [0.1, 0.15) is 6.04 Å². The molecule has 0 aliphatic carbocycles. The summed E-state index contributed by atoms with van der Waals surface area (Å²) in [6.07, 6.45) is 6.93. The van der Waals surface area contributed by atoms with E-state index in [1.807, 2.05) is 36.9 Å². The molecule has 9 heteroatoms. The van der Waals surface area contributed by atoms with Crippen LogP contribution < -0.4 is 26.2 Å². The summed E-state index contributed by atoms with van der Waals surface area (Å²) >= 11 is 1.89. The van der Waals surface area contributed by atoms with E-state index in [0.29, 0.717) is 18.1 Å². The molecule has 4 amide bonds. The van der Waals surface area contributed by atoms with Crippen LogP contribution in [-0.4, -0.2) is 60.1 Å². The van der Waals surface area contributed by atoms with E-state index in [4.69, 9.17) is 0 Å². The summed E-state index contributed by atoms with van der Waals surface area (Å²) in [5.74, 6) is 0.711. The number of anilines is 2. The summed E-state index contributed by atoms with van der Waals surface area (Å²) in [5, 5.41) is 12.3. The number of carbonyl (C=O) groups is 3. The predicted octanol–water partition coefficient (Wildman–Crippen LogP) is 3.24. The highest BCUT2D eigenvalue weighted by atomic mass is 32.2. The van der Waals surface area contributed by atoms with Crippen molar-refractivity contribution in [1.82, 2.24) is 16.0 Å². The molecule has 186 valence electrons. The number of amides is 4. The molecule has 3 aliphatic heterocycles. The van der Waals surface area contributed by atoms with Crippen LogP contribution in [0.25, 0.3) is 0 Å². The van der Waals surface area contributed by atoms with E-state index in [-0.39, 0.29) is 29.9 Å². The summed E-state index contributed by atoms with van der Waals surface area (Å²) in [7, 11) is 0. The van der Waals surface area contributed by atoms with Crippen molar-refractivity contribution in [3.8, 4) is 0 Å². The van der Waals surface area contributed by atoms with Crippen LogP contribution in [0.2, 0.25) is 0 Å². The molecular formula is C25H37N5O3S. The van der Waals surface area contributed by atoms with Crippen molar-refractivity contribution in [2.24, 2.45) is 0 Å². The van der Waals surface area contributed by atoms with Crippen molar-refractivity contribution < 1.29 is 14.4 Å². The number of rotatable bonds is 11. The largest absolute Gasteiger partial charge is 0.371 e. The monoisotopic (exact) mass is 487 g/mol. The fraction of sp³-hybridized carbons (Fsp3) is 0.640. The summed E-state index contributed by atoms with van der Waals surface area (Å²) in [4.78, 5) is 39.3. The van der Waals surface area contributed by atoms with Crippen LogP contribution in [0, 0.1) is 0 Å². The zero-order valence-corrected chi connectivity index (χ0v) is 20.8.